The molecule has 0 aliphatic carbocycles. The van der Waals surface area contributed by atoms with Crippen LogP contribution in [0, 0.1) is 0 Å². The van der Waals surface area contributed by atoms with Crippen molar-refractivity contribution in [2.45, 2.75) is 23.9 Å². The summed E-state index contributed by atoms with van der Waals surface area (Å²) in [6, 6.07) is 7.02. The molecule has 1 unspecified atom stereocenters. The second kappa shape index (κ2) is 7.86. The average molecular weight is 437 g/mol. The van der Waals surface area contributed by atoms with Gasteiger partial charge in [0.1, 0.15) is 11.7 Å². The molecule has 0 fully saturated rings. The first-order valence-corrected chi connectivity index (χ1v) is 9.69. The van der Waals surface area contributed by atoms with E-state index in [1.807, 2.05) is 0 Å². The molecule has 3 heterocycles. The summed E-state index contributed by atoms with van der Waals surface area (Å²) >= 11 is 0.817. The van der Waals surface area contributed by atoms with Crippen LogP contribution >= 0.6 is 11.8 Å². The van der Waals surface area contributed by atoms with E-state index in [0.717, 1.165) is 11.8 Å². The van der Waals surface area contributed by atoms with E-state index < -0.39 is 30.5 Å². The van der Waals surface area contributed by atoms with Crippen LogP contribution in [0.4, 0.5) is 24.5 Å². The predicted molar refractivity (Wildman–Crippen MR) is 102 cm³/mol. The van der Waals surface area contributed by atoms with Crippen LogP contribution in [-0.2, 0) is 9.59 Å². The van der Waals surface area contributed by atoms with Crippen LogP contribution in [0.2, 0.25) is 0 Å². The van der Waals surface area contributed by atoms with Crippen molar-refractivity contribution in [3.63, 3.8) is 0 Å². The number of carbonyl (C=O) groups excluding carboxylic acids is 2. The Labute approximate surface area is 171 Å². The first-order valence-electron chi connectivity index (χ1n) is 8.70. The van der Waals surface area contributed by atoms with Crippen LogP contribution in [0.15, 0.2) is 52.2 Å². The lowest BCUT2D eigenvalue weighted by molar-refractivity contribution is -0.157. The van der Waals surface area contributed by atoms with E-state index in [9.17, 15) is 22.8 Å². The molecule has 0 saturated heterocycles. The maximum Gasteiger partial charge on any atom is 0.409 e. The molecule has 2 aromatic heterocycles. The van der Waals surface area contributed by atoms with Gasteiger partial charge in [-0.05, 0) is 24.3 Å². The van der Waals surface area contributed by atoms with Crippen molar-refractivity contribution in [1.29, 1.82) is 0 Å². The van der Waals surface area contributed by atoms with Crippen molar-refractivity contribution in [3.05, 3.63) is 42.6 Å². The molecule has 1 aromatic carbocycles. The number of rotatable bonds is 4. The number of hydrogen-bond donors (Lipinski definition) is 2. The van der Waals surface area contributed by atoms with Crippen LogP contribution in [-0.4, -0.2) is 45.0 Å². The van der Waals surface area contributed by atoms with Gasteiger partial charge in [-0.3, -0.25) is 14.5 Å². The number of anilines is 2. The fourth-order valence-corrected chi connectivity index (χ4v) is 3.65. The van der Waals surface area contributed by atoms with Gasteiger partial charge < -0.3 is 14.7 Å². The van der Waals surface area contributed by atoms with Crippen molar-refractivity contribution < 1.29 is 27.2 Å². The Morgan fingerprint density at radius 1 is 1.23 bits per heavy atom. The third-order valence-corrected chi connectivity index (χ3v) is 5.13. The second-order valence-corrected chi connectivity index (χ2v) is 7.26. The molecule has 2 N–H and O–H groups in total. The maximum atomic E-state index is 13.7. The zero-order valence-electron chi connectivity index (χ0n) is 15.1. The van der Waals surface area contributed by atoms with Gasteiger partial charge in [-0.2, -0.15) is 13.2 Å². The molecule has 0 saturated carbocycles. The van der Waals surface area contributed by atoms with E-state index in [-0.39, 0.29) is 28.2 Å². The lowest BCUT2D eigenvalue weighted by Crippen LogP contribution is -2.50. The molecule has 0 radical (unpaired) electrons. The SMILES string of the molecule is O=C1CC(C(F)(F)F)N(C(=O)CSc2nnc(-c3ccc[nH]3)o2)c2ccccc2N1. The number of nitrogens with one attached hydrogen (secondary N) is 2. The summed E-state index contributed by atoms with van der Waals surface area (Å²) in [5.74, 6) is -1.86. The van der Waals surface area contributed by atoms with Crippen molar-refractivity contribution in [2.24, 2.45) is 0 Å². The summed E-state index contributed by atoms with van der Waals surface area (Å²) in [7, 11) is 0. The molecule has 4 rings (SSSR count). The van der Waals surface area contributed by atoms with E-state index in [1.54, 1.807) is 24.4 Å². The average Bonchev–Trinajstić information content (AvgIpc) is 3.35. The predicted octanol–water partition coefficient (Wildman–Crippen LogP) is 3.46. The van der Waals surface area contributed by atoms with Crippen LogP contribution in [0.1, 0.15) is 6.42 Å². The minimum Gasteiger partial charge on any atom is -0.410 e. The number of aromatic nitrogens is 3. The number of carbonyl (C=O) groups is 2. The number of fused-ring (bicyclic) bond motifs is 1. The summed E-state index contributed by atoms with van der Waals surface area (Å²) in [6.45, 7) is 0. The molecule has 0 bridgehead atoms. The zero-order chi connectivity index (χ0) is 21.3. The van der Waals surface area contributed by atoms with Gasteiger partial charge in [-0.1, -0.05) is 23.9 Å². The zero-order valence-corrected chi connectivity index (χ0v) is 16.0. The monoisotopic (exact) mass is 437 g/mol. The number of hydrogen-bond acceptors (Lipinski definition) is 6. The molecule has 1 aliphatic rings. The minimum atomic E-state index is -4.79. The van der Waals surface area contributed by atoms with Gasteiger partial charge in [0.15, 0.2) is 0 Å². The summed E-state index contributed by atoms with van der Waals surface area (Å²) in [4.78, 5) is 28.3. The molecule has 0 spiro atoms. The summed E-state index contributed by atoms with van der Waals surface area (Å²) in [6.07, 6.45) is -4.02. The molecule has 8 nitrogen and oxygen atoms in total. The van der Waals surface area contributed by atoms with Gasteiger partial charge >= 0.3 is 6.18 Å². The van der Waals surface area contributed by atoms with Crippen molar-refractivity contribution in [2.75, 3.05) is 16.0 Å². The normalized spacial score (nSPS) is 16.7. The first kappa shape index (κ1) is 20.0. The summed E-state index contributed by atoms with van der Waals surface area (Å²) in [5, 5.41) is 10.1. The number of alkyl halides is 3. The highest BCUT2D eigenvalue weighted by Crippen LogP contribution is 2.38. The van der Waals surface area contributed by atoms with Crippen LogP contribution < -0.4 is 10.2 Å². The molecule has 2 amide bonds. The van der Waals surface area contributed by atoms with E-state index in [2.05, 4.69) is 20.5 Å². The lowest BCUT2D eigenvalue weighted by Gasteiger charge is -2.31. The van der Waals surface area contributed by atoms with Gasteiger partial charge in [0.05, 0.1) is 23.5 Å². The molecule has 12 heteroatoms. The van der Waals surface area contributed by atoms with Crippen LogP contribution in [0.25, 0.3) is 11.6 Å². The largest absolute Gasteiger partial charge is 0.410 e. The van der Waals surface area contributed by atoms with Gasteiger partial charge in [0.25, 0.3) is 11.1 Å². The van der Waals surface area contributed by atoms with Gasteiger partial charge in [-0.15, -0.1) is 10.2 Å². The number of aromatic amines is 1. The molecular formula is C18H14F3N5O3S. The summed E-state index contributed by atoms with van der Waals surface area (Å²) in [5.41, 5.74) is 0.692. The van der Waals surface area contributed by atoms with E-state index in [1.165, 1.54) is 18.2 Å². The van der Waals surface area contributed by atoms with Crippen molar-refractivity contribution in [3.8, 4) is 11.6 Å². The van der Waals surface area contributed by atoms with Gasteiger partial charge in [0.2, 0.25) is 11.8 Å². The number of amides is 2. The molecule has 1 aliphatic heterocycles. The number of benzene rings is 1. The number of halogens is 3. The third-order valence-electron chi connectivity index (χ3n) is 4.33. The van der Waals surface area contributed by atoms with Crippen LogP contribution in [0.3, 0.4) is 0 Å². The number of thioether (sulfide) groups is 1. The third kappa shape index (κ3) is 4.03. The number of para-hydroxylation sites is 2. The quantitative estimate of drug-likeness (QED) is 0.606. The standard InChI is InChI=1S/C18H14F3N5O3S/c19-18(20,21)13-8-14(27)23-10-4-1-2-6-12(10)26(13)15(28)9-30-17-25-24-16(29-17)11-5-3-7-22-11/h1-7,13,22H,8-9H2,(H,23,27). The summed E-state index contributed by atoms with van der Waals surface area (Å²) < 4.78 is 46.5. The highest BCUT2D eigenvalue weighted by atomic mass is 32.2. The molecule has 3 aromatic rings. The Bertz CT molecular complexity index is 1070. The highest BCUT2D eigenvalue weighted by molar-refractivity contribution is 7.99. The molecule has 30 heavy (non-hydrogen) atoms. The van der Waals surface area contributed by atoms with Gasteiger partial charge in [0, 0.05) is 6.20 Å². The van der Waals surface area contributed by atoms with E-state index >= 15 is 0 Å². The fraction of sp³-hybridized carbons (Fsp3) is 0.222. The first-order chi connectivity index (χ1) is 14.3. The fourth-order valence-electron chi connectivity index (χ4n) is 3.03. The van der Waals surface area contributed by atoms with E-state index in [4.69, 9.17) is 4.42 Å². The topological polar surface area (TPSA) is 104 Å². The Hall–Kier alpha value is -3.28. The Morgan fingerprint density at radius 3 is 2.77 bits per heavy atom. The van der Waals surface area contributed by atoms with E-state index in [0.29, 0.717) is 10.6 Å². The van der Waals surface area contributed by atoms with Crippen LogP contribution in [0.5, 0.6) is 0 Å². The van der Waals surface area contributed by atoms with Gasteiger partial charge in [-0.25, -0.2) is 0 Å². The minimum absolute atomic E-state index is 0.0196. The maximum absolute atomic E-state index is 13.7. The number of nitrogens with zero attached hydrogens (tertiary/aromatic N) is 3. The Morgan fingerprint density at radius 2 is 2.03 bits per heavy atom. The lowest BCUT2D eigenvalue weighted by atomic mass is 10.1. The molecular weight excluding hydrogens is 423 g/mol. The van der Waals surface area contributed by atoms with Crippen molar-refractivity contribution >= 4 is 35.0 Å². The van der Waals surface area contributed by atoms with Crippen molar-refractivity contribution in [1.82, 2.24) is 15.2 Å². The highest BCUT2D eigenvalue weighted by Gasteiger charge is 2.48. The number of H-pyrrole nitrogens is 1. The molecule has 1 atom stereocenters. The Balaban J connectivity index is 1.58. The Kier molecular flexibility index (Phi) is 5.24. The molecule has 156 valence electrons. The smallest absolute Gasteiger partial charge is 0.409 e. The second-order valence-electron chi connectivity index (χ2n) is 6.34.